The molecule has 2 fully saturated rings. The van der Waals surface area contributed by atoms with Gasteiger partial charge in [-0.25, -0.2) is 33.9 Å². The zero-order valence-corrected chi connectivity index (χ0v) is 44.2. The fourth-order valence-corrected chi connectivity index (χ4v) is 6.34. The van der Waals surface area contributed by atoms with E-state index < -0.39 is 88.4 Å². The van der Waals surface area contributed by atoms with E-state index in [0.717, 1.165) is 0 Å². The number of carboxylic acid groups (broad SMARTS) is 2. The Balaban J connectivity index is 0.000000544. The molecule has 0 aliphatic carbocycles. The molecule has 0 unspecified atom stereocenters. The minimum absolute atomic E-state index is 0.0761. The first kappa shape index (κ1) is 64.1. The number of hydrogen-bond donors (Lipinski definition) is 5. The van der Waals surface area contributed by atoms with Crippen LogP contribution in [-0.4, -0.2) is 148 Å². The summed E-state index contributed by atoms with van der Waals surface area (Å²) in [6, 6.07) is 3.62. The number of ether oxygens (including phenoxy) is 6. The largest absolute Gasteiger partial charge is 0.490 e. The number of carbonyl (C=O) groups excluding carboxylic acids is 5. The Morgan fingerprint density at radius 3 is 1.44 bits per heavy atom. The van der Waals surface area contributed by atoms with E-state index in [1.807, 2.05) is 20.8 Å². The zero-order chi connectivity index (χ0) is 55.7. The lowest BCUT2D eigenvalue weighted by atomic mass is 9.85. The summed E-state index contributed by atoms with van der Waals surface area (Å²) >= 11 is 11.6. The van der Waals surface area contributed by atoms with Crippen molar-refractivity contribution in [3.8, 4) is 11.8 Å². The average Bonchev–Trinajstić information content (AvgIpc) is 3.88. The number of pyridine rings is 2. The van der Waals surface area contributed by atoms with Crippen molar-refractivity contribution in [3.05, 3.63) is 46.7 Å². The molecule has 26 heteroatoms. The number of amides is 3. The summed E-state index contributed by atoms with van der Waals surface area (Å²) in [5, 5.41) is 25.2. The van der Waals surface area contributed by atoms with Crippen molar-refractivity contribution in [2.45, 2.75) is 150 Å². The number of carbonyl (C=O) groups is 7. The highest BCUT2D eigenvalue weighted by Crippen LogP contribution is 2.29. The highest BCUT2D eigenvalue weighted by molar-refractivity contribution is 6.30. The van der Waals surface area contributed by atoms with Crippen LogP contribution in [0.15, 0.2) is 36.7 Å². The average molecular weight is 1070 g/mol. The van der Waals surface area contributed by atoms with Gasteiger partial charge in [0, 0.05) is 43.9 Å². The number of aliphatic carboxylic acids is 2. The van der Waals surface area contributed by atoms with Crippen LogP contribution < -0.4 is 25.4 Å². The van der Waals surface area contributed by atoms with E-state index in [9.17, 15) is 41.9 Å². The van der Waals surface area contributed by atoms with Crippen molar-refractivity contribution in [3.63, 3.8) is 0 Å². The standard InChI is InChI=1S/C22H32ClN3O6.C11H13ClN2O3.C11H21NO4.C2HF3O2/c1-21(2,3)17(25-20(29)32-22(4,5)6)18(27)26-12-14(10-15(26)19(28)30-7)31-16-9-8-13(23)11-24-16;1-16-11(15)9-4-8(6-13-9)17-10-3-2-7(12)5-14-10;1-10(2,3)7(8(13)14)12-9(15)16-11(4,5)6;3-2(4,5)1(6)7/h8-9,11,14-15,17H,10,12H2,1-7H3,(H,25,29);2-3,5,8-9,13H,4,6H2,1H3;7H,1-6H3,(H,12,15)(H,13,14);(H,6,7)/t14-,15+,17-;8-,9+;7-;/m111./s1. The number of carboxylic acids is 2. The molecule has 3 amide bonds. The van der Waals surface area contributed by atoms with Gasteiger partial charge in [-0.2, -0.15) is 13.2 Å². The van der Waals surface area contributed by atoms with Gasteiger partial charge in [0.25, 0.3) is 0 Å². The molecule has 72 heavy (non-hydrogen) atoms. The van der Waals surface area contributed by atoms with Crippen molar-refractivity contribution in [2.24, 2.45) is 10.8 Å². The molecular weight excluding hydrogens is 1000 g/mol. The summed E-state index contributed by atoms with van der Waals surface area (Å²) in [4.78, 5) is 90.5. The van der Waals surface area contributed by atoms with E-state index in [1.54, 1.807) is 86.6 Å². The number of nitrogens with one attached hydrogen (secondary N) is 3. The van der Waals surface area contributed by atoms with E-state index in [-0.39, 0.29) is 31.1 Å². The molecular formula is C46H67Cl2F3N6O15. The highest BCUT2D eigenvalue weighted by atomic mass is 35.5. The molecule has 4 rings (SSSR count). The van der Waals surface area contributed by atoms with Gasteiger partial charge in [-0.1, -0.05) is 64.7 Å². The van der Waals surface area contributed by atoms with Crippen molar-refractivity contribution in [1.29, 1.82) is 0 Å². The predicted octanol–water partition coefficient (Wildman–Crippen LogP) is 6.86. The summed E-state index contributed by atoms with van der Waals surface area (Å²) < 4.78 is 63.1. The van der Waals surface area contributed by atoms with Crippen LogP contribution in [0.4, 0.5) is 22.8 Å². The molecule has 2 saturated heterocycles. The molecule has 0 bridgehead atoms. The molecule has 0 radical (unpaired) electrons. The Hall–Kier alpha value is -5.88. The third-order valence-electron chi connectivity index (χ3n) is 9.36. The zero-order valence-electron chi connectivity index (χ0n) is 42.7. The molecule has 2 aliphatic heterocycles. The van der Waals surface area contributed by atoms with Gasteiger partial charge in [-0.05, 0) is 64.5 Å². The van der Waals surface area contributed by atoms with Gasteiger partial charge in [0.1, 0.15) is 47.6 Å². The smallest absolute Gasteiger partial charge is 0.480 e. The maximum Gasteiger partial charge on any atom is 0.490 e. The molecule has 6 atom stereocenters. The Labute approximate surface area is 426 Å². The SMILES string of the molecule is CC(C)(C)OC(=O)N[C@H](C(=O)O)C(C)(C)C.COC(=O)[C@@H]1C[C@@H](Oc2ccc(Cl)cn2)CN1.COC(=O)[C@@H]1C[C@@H](Oc2ccc(Cl)cn2)CN1C(=O)[C@@H](NC(=O)OC(C)(C)C)C(C)(C)C.O=C(O)C(F)(F)F. The second-order valence-electron chi connectivity index (χ2n) is 20.1. The second-order valence-corrected chi connectivity index (χ2v) is 21.0. The first-order chi connectivity index (χ1) is 32.8. The summed E-state index contributed by atoms with van der Waals surface area (Å²) in [6.45, 7) is 21.8. The summed E-state index contributed by atoms with van der Waals surface area (Å²) in [5.41, 5.74) is -2.57. The van der Waals surface area contributed by atoms with Crippen LogP contribution >= 0.6 is 23.2 Å². The number of nitrogens with zero attached hydrogens (tertiary/aromatic N) is 3. The molecule has 2 aliphatic rings. The van der Waals surface area contributed by atoms with E-state index in [2.05, 4.69) is 30.7 Å². The number of halogens is 5. The number of rotatable bonds is 10. The fourth-order valence-electron chi connectivity index (χ4n) is 6.12. The lowest BCUT2D eigenvalue weighted by Crippen LogP contribution is -2.57. The van der Waals surface area contributed by atoms with Gasteiger partial charge >= 0.3 is 42.2 Å². The van der Waals surface area contributed by atoms with E-state index in [4.69, 9.17) is 61.9 Å². The topological polar surface area (TPSA) is 280 Å². The maximum absolute atomic E-state index is 13.5. The molecule has 406 valence electrons. The van der Waals surface area contributed by atoms with E-state index >= 15 is 0 Å². The number of esters is 2. The van der Waals surface area contributed by atoms with Crippen molar-refractivity contribution in [2.75, 3.05) is 27.3 Å². The van der Waals surface area contributed by atoms with E-state index in [1.165, 1.54) is 31.5 Å². The van der Waals surface area contributed by atoms with Crippen LogP contribution in [0, 0.1) is 10.8 Å². The van der Waals surface area contributed by atoms with Crippen molar-refractivity contribution in [1.82, 2.24) is 30.8 Å². The van der Waals surface area contributed by atoms with Gasteiger partial charge in [-0.15, -0.1) is 0 Å². The summed E-state index contributed by atoms with van der Waals surface area (Å²) in [7, 11) is 2.64. The molecule has 2 aromatic rings. The number of aromatic nitrogens is 2. The van der Waals surface area contributed by atoms with Gasteiger partial charge in [0.05, 0.1) is 30.8 Å². The predicted molar refractivity (Wildman–Crippen MR) is 254 cm³/mol. The monoisotopic (exact) mass is 1070 g/mol. The number of alkyl carbamates (subject to hydrolysis) is 2. The van der Waals surface area contributed by atoms with Crippen LogP contribution in [0.1, 0.15) is 95.9 Å². The Bertz CT molecular complexity index is 2130. The van der Waals surface area contributed by atoms with Crippen LogP contribution in [0.2, 0.25) is 10.0 Å². The summed E-state index contributed by atoms with van der Waals surface area (Å²) in [5.74, 6) is -4.23. The molecule has 0 spiro atoms. The fraction of sp³-hybridized carbons (Fsp3) is 0.630. The molecule has 21 nitrogen and oxygen atoms in total. The number of hydrogen-bond acceptors (Lipinski definition) is 16. The normalized spacial score (nSPS) is 18.6. The minimum atomic E-state index is -5.08. The maximum atomic E-state index is 13.5. The Kier molecular flexibility index (Phi) is 24.3. The number of alkyl halides is 3. The first-order valence-electron chi connectivity index (χ1n) is 22.1. The van der Waals surface area contributed by atoms with Gasteiger partial charge in [0.2, 0.25) is 17.7 Å². The molecule has 5 N–H and O–H groups in total. The quantitative estimate of drug-likeness (QED) is 0.120. The number of methoxy groups -OCH3 is 2. The molecule has 2 aromatic heterocycles. The van der Waals surface area contributed by atoms with Crippen molar-refractivity contribution >= 4 is 65.2 Å². The molecule has 0 saturated carbocycles. The van der Waals surface area contributed by atoms with E-state index in [0.29, 0.717) is 34.8 Å². The lowest BCUT2D eigenvalue weighted by Gasteiger charge is -2.35. The van der Waals surface area contributed by atoms with Crippen LogP contribution in [0.25, 0.3) is 0 Å². The molecule has 4 heterocycles. The highest BCUT2D eigenvalue weighted by Gasteiger charge is 2.47. The van der Waals surface area contributed by atoms with Gasteiger partial charge in [-0.3, -0.25) is 9.59 Å². The van der Waals surface area contributed by atoms with Crippen molar-refractivity contribution < 1.29 is 85.4 Å². The Morgan fingerprint density at radius 1 is 0.681 bits per heavy atom. The third-order valence-corrected chi connectivity index (χ3v) is 9.81. The minimum Gasteiger partial charge on any atom is -0.480 e. The molecule has 0 aromatic carbocycles. The van der Waals surface area contributed by atoms with Crippen LogP contribution in [0.3, 0.4) is 0 Å². The van der Waals surface area contributed by atoms with Crippen LogP contribution in [-0.2, 0) is 42.9 Å². The number of likely N-dealkylation sites (tertiary alicyclic amines) is 1. The third kappa shape index (κ3) is 24.0. The summed E-state index contributed by atoms with van der Waals surface area (Å²) in [6.07, 6.45) is -3.29. The van der Waals surface area contributed by atoms with Gasteiger partial charge < -0.3 is 59.5 Å². The Morgan fingerprint density at radius 2 is 1.10 bits per heavy atom. The second kappa shape index (κ2) is 27.3. The van der Waals surface area contributed by atoms with Crippen LogP contribution in [0.5, 0.6) is 11.8 Å². The van der Waals surface area contributed by atoms with Gasteiger partial charge in [0.15, 0.2) is 0 Å². The lowest BCUT2D eigenvalue weighted by molar-refractivity contribution is -0.192. The first-order valence-corrected chi connectivity index (χ1v) is 22.8.